The van der Waals surface area contributed by atoms with Gasteiger partial charge in [0.25, 0.3) is 0 Å². The Hall–Kier alpha value is -1.65. The van der Waals surface area contributed by atoms with Gasteiger partial charge in [0.1, 0.15) is 6.10 Å². The summed E-state index contributed by atoms with van der Waals surface area (Å²) >= 11 is 6.03. The molecule has 0 aliphatic rings. The summed E-state index contributed by atoms with van der Waals surface area (Å²) in [5.41, 5.74) is 6.24. The Morgan fingerprint density at radius 1 is 1.11 bits per heavy atom. The zero-order valence-electron chi connectivity index (χ0n) is 9.95. The molecule has 0 saturated carbocycles. The van der Waals surface area contributed by atoms with Crippen LogP contribution in [-0.2, 0) is 0 Å². The fourth-order valence-corrected chi connectivity index (χ4v) is 1.96. The van der Waals surface area contributed by atoms with Crippen LogP contribution in [0.5, 0.6) is 5.75 Å². The van der Waals surface area contributed by atoms with E-state index in [1.54, 1.807) is 24.3 Å². The van der Waals surface area contributed by atoms with Gasteiger partial charge in [-0.2, -0.15) is 4.39 Å². The molecule has 5 heteroatoms. The molecule has 0 aliphatic carbocycles. The average Bonchev–Trinajstić information content (AvgIpc) is 2.41. The minimum atomic E-state index is -1.03. The molecule has 19 heavy (non-hydrogen) atoms. The Morgan fingerprint density at radius 3 is 2.53 bits per heavy atom. The molecule has 2 rings (SSSR count). The van der Waals surface area contributed by atoms with Crippen molar-refractivity contribution in [3.05, 3.63) is 64.7 Å². The molecule has 0 aliphatic heterocycles. The maximum absolute atomic E-state index is 13.5. The van der Waals surface area contributed by atoms with Gasteiger partial charge in [0.15, 0.2) is 11.6 Å². The molecular formula is C14H12ClF2NO. The van der Waals surface area contributed by atoms with Crippen LogP contribution in [0, 0.1) is 11.6 Å². The summed E-state index contributed by atoms with van der Waals surface area (Å²) in [7, 11) is 0. The Kier molecular flexibility index (Phi) is 4.35. The second-order valence-corrected chi connectivity index (χ2v) is 4.32. The molecule has 0 spiro atoms. The first-order valence-corrected chi connectivity index (χ1v) is 6.06. The molecule has 1 unspecified atom stereocenters. The van der Waals surface area contributed by atoms with Crippen LogP contribution in [0.25, 0.3) is 0 Å². The molecule has 0 radical (unpaired) electrons. The van der Waals surface area contributed by atoms with Crippen LogP contribution in [0.3, 0.4) is 0 Å². The van der Waals surface area contributed by atoms with Crippen molar-refractivity contribution in [2.24, 2.45) is 5.73 Å². The van der Waals surface area contributed by atoms with E-state index in [-0.39, 0.29) is 12.3 Å². The molecule has 0 aromatic heterocycles. The molecule has 1 atom stereocenters. The van der Waals surface area contributed by atoms with E-state index in [4.69, 9.17) is 22.1 Å². The summed E-state index contributed by atoms with van der Waals surface area (Å²) in [4.78, 5) is 0. The van der Waals surface area contributed by atoms with Crippen LogP contribution in [0.1, 0.15) is 11.7 Å². The molecule has 0 amide bonds. The van der Waals surface area contributed by atoms with Crippen molar-refractivity contribution in [2.75, 3.05) is 6.54 Å². The molecule has 2 aromatic carbocycles. The van der Waals surface area contributed by atoms with Gasteiger partial charge in [0.2, 0.25) is 5.82 Å². The van der Waals surface area contributed by atoms with Crippen LogP contribution >= 0.6 is 11.6 Å². The lowest BCUT2D eigenvalue weighted by Gasteiger charge is -2.19. The van der Waals surface area contributed by atoms with E-state index in [1.165, 1.54) is 12.1 Å². The second kappa shape index (κ2) is 5.99. The van der Waals surface area contributed by atoms with E-state index in [2.05, 4.69) is 0 Å². The molecule has 0 fully saturated rings. The largest absolute Gasteiger partial charge is 0.481 e. The first-order chi connectivity index (χ1) is 9.13. The van der Waals surface area contributed by atoms with Crippen molar-refractivity contribution >= 4 is 11.6 Å². The highest BCUT2D eigenvalue weighted by atomic mass is 35.5. The smallest absolute Gasteiger partial charge is 0.200 e. The van der Waals surface area contributed by atoms with E-state index in [0.29, 0.717) is 10.6 Å². The van der Waals surface area contributed by atoms with E-state index in [9.17, 15) is 8.78 Å². The Balaban J connectivity index is 2.30. The normalized spacial score (nSPS) is 12.2. The monoisotopic (exact) mass is 283 g/mol. The summed E-state index contributed by atoms with van der Waals surface area (Å²) in [6.45, 7) is 0.0969. The SMILES string of the molecule is NCC(Oc1cccc(F)c1F)c1ccccc1Cl. The lowest BCUT2D eigenvalue weighted by molar-refractivity contribution is 0.202. The van der Waals surface area contributed by atoms with Crippen molar-refractivity contribution < 1.29 is 13.5 Å². The van der Waals surface area contributed by atoms with Gasteiger partial charge in [-0.3, -0.25) is 0 Å². The van der Waals surface area contributed by atoms with Crippen LogP contribution in [0.4, 0.5) is 8.78 Å². The number of hydrogen-bond acceptors (Lipinski definition) is 2. The lowest BCUT2D eigenvalue weighted by Crippen LogP contribution is -2.19. The maximum atomic E-state index is 13.5. The first kappa shape index (κ1) is 13.8. The van der Waals surface area contributed by atoms with E-state index < -0.39 is 17.7 Å². The molecule has 100 valence electrons. The van der Waals surface area contributed by atoms with Crippen molar-refractivity contribution in [1.82, 2.24) is 0 Å². The minimum absolute atomic E-state index is 0.0969. The van der Waals surface area contributed by atoms with Crippen LogP contribution < -0.4 is 10.5 Å². The van der Waals surface area contributed by atoms with Crippen molar-refractivity contribution in [3.8, 4) is 5.75 Å². The highest BCUT2D eigenvalue weighted by Crippen LogP contribution is 2.29. The predicted octanol–water partition coefficient (Wildman–Crippen LogP) is 3.70. The third kappa shape index (κ3) is 3.03. The van der Waals surface area contributed by atoms with Gasteiger partial charge >= 0.3 is 0 Å². The van der Waals surface area contributed by atoms with E-state index in [1.807, 2.05) is 0 Å². The number of ether oxygens (including phenoxy) is 1. The zero-order chi connectivity index (χ0) is 13.8. The third-order valence-corrected chi connectivity index (χ3v) is 3.00. The molecule has 2 N–H and O–H groups in total. The highest BCUT2D eigenvalue weighted by Gasteiger charge is 2.18. The summed E-state index contributed by atoms with van der Waals surface area (Å²) < 4.78 is 32.1. The average molecular weight is 284 g/mol. The summed E-state index contributed by atoms with van der Waals surface area (Å²) in [6, 6.07) is 10.7. The summed E-state index contributed by atoms with van der Waals surface area (Å²) in [6.07, 6.45) is -0.634. The maximum Gasteiger partial charge on any atom is 0.200 e. The molecule has 2 nitrogen and oxygen atoms in total. The third-order valence-electron chi connectivity index (χ3n) is 2.65. The predicted molar refractivity (Wildman–Crippen MR) is 70.2 cm³/mol. The van der Waals surface area contributed by atoms with E-state index in [0.717, 1.165) is 6.07 Å². The van der Waals surface area contributed by atoms with Gasteiger partial charge in [-0.1, -0.05) is 35.9 Å². The summed E-state index contributed by atoms with van der Waals surface area (Å²) in [5.74, 6) is -2.18. The summed E-state index contributed by atoms with van der Waals surface area (Å²) in [5, 5.41) is 0.467. The quantitative estimate of drug-likeness (QED) is 0.929. The fourth-order valence-electron chi connectivity index (χ4n) is 1.70. The van der Waals surface area contributed by atoms with Gasteiger partial charge in [-0.05, 0) is 18.2 Å². The Bertz CT molecular complexity index is 577. The first-order valence-electron chi connectivity index (χ1n) is 5.68. The molecule has 2 aromatic rings. The van der Waals surface area contributed by atoms with Gasteiger partial charge in [-0.15, -0.1) is 0 Å². The van der Waals surface area contributed by atoms with Crippen LogP contribution in [-0.4, -0.2) is 6.54 Å². The minimum Gasteiger partial charge on any atom is -0.481 e. The fraction of sp³-hybridized carbons (Fsp3) is 0.143. The standard InChI is InChI=1S/C14H12ClF2NO/c15-10-5-2-1-4-9(10)13(8-18)19-12-7-3-6-11(16)14(12)17/h1-7,13H,8,18H2. The van der Waals surface area contributed by atoms with Gasteiger partial charge in [-0.25, -0.2) is 4.39 Å². The van der Waals surface area contributed by atoms with Gasteiger partial charge < -0.3 is 10.5 Å². The lowest BCUT2D eigenvalue weighted by atomic mass is 10.1. The molecule has 0 saturated heterocycles. The number of halogens is 3. The topological polar surface area (TPSA) is 35.2 Å². The van der Waals surface area contributed by atoms with E-state index >= 15 is 0 Å². The van der Waals surface area contributed by atoms with Crippen molar-refractivity contribution in [3.63, 3.8) is 0 Å². The Labute approximate surface area is 114 Å². The van der Waals surface area contributed by atoms with Gasteiger partial charge in [0.05, 0.1) is 0 Å². The van der Waals surface area contributed by atoms with Crippen LogP contribution in [0.2, 0.25) is 5.02 Å². The highest BCUT2D eigenvalue weighted by molar-refractivity contribution is 6.31. The molecule has 0 heterocycles. The number of nitrogens with two attached hydrogens (primary N) is 1. The van der Waals surface area contributed by atoms with Gasteiger partial charge in [0, 0.05) is 17.1 Å². The van der Waals surface area contributed by atoms with Crippen molar-refractivity contribution in [1.29, 1.82) is 0 Å². The molecular weight excluding hydrogens is 272 g/mol. The second-order valence-electron chi connectivity index (χ2n) is 3.92. The Morgan fingerprint density at radius 2 is 1.84 bits per heavy atom. The zero-order valence-corrected chi connectivity index (χ0v) is 10.7. The van der Waals surface area contributed by atoms with Crippen LogP contribution in [0.15, 0.2) is 42.5 Å². The number of hydrogen-bond donors (Lipinski definition) is 1. The number of benzene rings is 2. The number of rotatable bonds is 4. The molecule has 0 bridgehead atoms. The van der Waals surface area contributed by atoms with Crippen molar-refractivity contribution in [2.45, 2.75) is 6.10 Å².